The number of benzene rings is 2. The molecule has 1 fully saturated rings. The molecule has 2 heterocycles. The molecule has 1 saturated heterocycles. The van der Waals surface area contributed by atoms with E-state index in [0.29, 0.717) is 55.0 Å². The van der Waals surface area contributed by atoms with Crippen molar-refractivity contribution < 1.29 is 23.8 Å². The molecule has 0 radical (unpaired) electrons. The molecule has 1 atom stereocenters. The van der Waals surface area contributed by atoms with Crippen LogP contribution in [0.25, 0.3) is 0 Å². The smallest absolute Gasteiger partial charge is 0.262 e. The van der Waals surface area contributed by atoms with Gasteiger partial charge in [-0.05, 0) is 24.3 Å². The van der Waals surface area contributed by atoms with E-state index in [1.807, 2.05) is 50.2 Å². The second-order valence-electron chi connectivity index (χ2n) is 9.96. The predicted octanol–water partition coefficient (Wildman–Crippen LogP) is 3.85. The monoisotopic (exact) mass is 556 g/mol. The van der Waals surface area contributed by atoms with Gasteiger partial charge in [-0.2, -0.15) is 5.10 Å². The average molecular weight is 557 g/mol. The van der Waals surface area contributed by atoms with E-state index in [-0.39, 0.29) is 24.3 Å². The van der Waals surface area contributed by atoms with Gasteiger partial charge < -0.3 is 19.1 Å². The zero-order valence-electron chi connectivity index (χ0n) is 23.1. The van der Waals surface area contributed by atoms with Crippen molar-refractivity contribution in [2.45, 2.75) is 26.3 Å². The Labute approximate surface area is 235 Å². The number of carbonyl (C=O) groups excluding carboxylic acids is 2. The lowest BCUT2D eigenvalue weighted by Crippen LogP contribution is -2.47. The molecule has 4 rings (SSSR count). The minimum Gasteiger partial charge on any atom is -0.497 e. The Hall–Kier alpha value is -3.14. The second kappa shape index (κ2) is 13.3. The summed E-state index contributed by atoms with van der Waals surface area (Å²) in [4.78, 5) is 31.0. The van der Waals surface area contributed by atoms with Gasteiger partial charge in [0.1, 0.15) is 18.0 Å². The van der Waals surface area contributed by atoms with Crippen LogP contribution in [0.1, 0.15) is 37.4 Å². The number of morpholine rings is 1. The quantitative estimate of drug-likeness (QED) is 0.442. The van der Waals surface area contributed by atoms with Gasteiger partial charge in [0.25, 0.3) is 5.91 Å². The first-order valence-corrected chi connectivity index (χ1v) is 13.7. The van der Waals surface area contributed by atoms with Gasteiger partial charge in [-0.15, -0.1) is 0 Å². The van der Waals surface area contributed by atoms with Gasteiger partial charge >= 0.3 is 0 Å². The summed E-state index contributed by atoms with van der Waals surface area (Å²) in [5.41, 5.74) is 2.23. The van der Waals surface area contributed by atoms with Crippen LogP contribution in [-0.2, 0) is 14.3 Å². The lowest BCUT2D eigenvalue weighted by molar-refractivity contribution is -0.143. The van der Waals surface area contributed by atoms with Crippen LogP contribution in [0.3, 0.4) is 0 Å². The van der Waals surface area contributed by atoms with Gasteiger partial charge in [0.15, 0.2) is 0 Å². The van der Waals surface area contributed by atoms with E-state index >= 15 is 0 Å². The lowest BCUT2D eigenvalue weighted by atomic mass is 9.97. The predicted molar refractivity (Wildman–Crippen MR) is 150 cm³/mol. The largest absolute Gasteiger partial charge is 0.497 e. The zero-order valence-corrected chi connectivity index (χ0v) is 23.8. The fourth-order valence-electron chi connectivity index (χ4n) is 4.90. The van der Waals surface area contributed by atoms with Gasteiger partial charge in [0.05, 0.1) is 39.2 Å². The summed E-state index contributed by atoms with van der Waals surface area (Å²) in [6, 6.07) is 12.5. The van der Waals surface area contributed by atoms with Crippen molar-refractivity contribution in [1.29, 1.82) is 0 Å². The Morgan fingerprint density at radius 3 is 2.54 bits per heavy atom. The molecule has 0 N–H and O–H groups in total. The van der Waals surface area contributed by atoms with Crippen LogP contribution in [0.4, 0.5) is 0 Å². The van der Waals surface area contributed by atoms with Crippen molar-refractivity contribution in [2.24, 2.45) is 11.0 Å². The molecule has 9 nitrogen and oxygen atoms in total. The molecule has 0 saturated carbocycles. The molecule has 2 amide bonds. The van der Waals surface area contributed by atoms with Gasteiger partial charge in [0, 0.05) is 54.7 Å². The Kier molecular flexibility index (Phi) is 9.83. The van der Waals surface area contributed by atoms with Crippen LogP contribution < -0.4 is 9.47 Å². The van der Waals surface area contributed by atoms with Crippen LogP contribution in [0.5, 0.6) is 11.5 Å². The number of halogens is 1. The van der Waals surface area contributed by atoms with E-state index < -0.39 is 6.04 Å². The first kappa shape index (κ1) is 28.9. The second-order valence-corrected chi connectivity index (χ2v) is 10.4. The molecule has 2 aliphatic heterocycles. The molecule has 0 aliphatic carbocycles. The molecule has 2 aliphatic rings. The molecule has 39 heavy (non-hydrogen) atoms. The van der Waals surface area contributed by atoms with Crippen molar-refractivity contribution in [3.05, 3.63) is 58.6 Å². The van der Waals surface area contributed by atoms with E-state index in [1.54, 1.807) is 25.2 Å². The maximum atomic E-state index is 13.9. The van der Waals surface area contributed by atoms with Crippen molar-refractivity contribution >= 4 is 29.1 Å². The maximum absolute atomic E-state index is 13.9. The topological polar surface area (TPSA) is 83.9 Å². The van der Waals surface area contributed by atoms with Gasteiger partial charge in [-0.3, -0.25) is 14.5 Å². The third-order valence-electron chi connectivity index (χ3n) is 7.07. The molecular formula is C29H37ClN4O5. The number of rotatable bonds is 10. The highest BCUT2D eigenvalue weighted by molar-refractivity contribution is 6.34. The molecule has 210 valence electrons. The fourth-order valence-corrected chi connectivity index (χ4v) is 5.14. The lowest BCUT2D eigenvalue weighted by Gasteiger charge is -2.32. The highest BCUT2D eigenvalue weighted by Gasteiger charge is 2.37. The highest BCUT2D eigenvalue weighted by atomic mass is 35.5. The third kappa shape index (κ3) is 6.90. The number of carbonyl (C=O) groups is 2. The van der Waals surface area contributed by atoms with Crippen LogP contribution in [0.2, 0.25) is 5.02 Å². The number of hydrazone groups is 1. The Balaban J connectivity index is 1.64. The highest BCUT2D eigenvalue weighted by Crippen LogP contribution is 2.40. The van der Waals surface area contributed by atoms with E-state index in [2.05, 4.69) is 4.90 Å². The van der Waals surface area contributed by atoms with Crippen LogP contribution in [0.15, 0.2) is 47.6 Å². The minimum absolute atomic E-state index is 0.0679. The Morgan fingerprint density at radius 2 is 1.87 bits per heavy atom. The summed E-state index contributed by atoms with van der Waals surface area (Å²) in [7, 11) is 3.19. The van der Waals surface area contributed by atoms with Crippen LogP contribution in [-0.4, -0.2) is 92.5 Å². The summed E-state index contributed by atoms with van der Waals surface area (Å²) in [6.07, 6.45) is 0.435. The van der Waals surface area contributed by atoms with Gasteiger partial charge in [-0.25, -0.2) is 5.01 Å². The summed E-state index contributed by atoms with van der Waals surface area (Å²) in [5.74, 6) is 0.685. The van der Waals surface area contributed by atoms with Gasteiger partial charge in [0.2, 0.25) is 5.91 Å². The molecule has 2 aromatic rings. The van der Waals surface area contributed by atoms with Crippen molar-refractivity contribution in [1.82, 2.24) is 14.8 Å². The van der Waals surface area contributed by atoms with E-state index in [9.17, 15) is 9.59 Å². The number of methoxy groups -OCH3 is 2. The van der Waals surface area contributed by atoms with E-state index in [4.69, 9.17) is 30.9 Å². The summed E-state index contributed by atoms with van der Waals surface area (Å²) >= 11 is 6.51. The van der Waals surface area contributed by atoms with Crippen LogP contribution >= 0.6 is 11.6 Å². The molecular weight excluding hydrogens is 520 g/mol. The number of hydrogen-bond donors (Lipinski definition) is 0. The summed E-state index contributed by atoms with van der Waals surface area (Å²) < 4.78 is 16.6. The first-order chi connectivity index (χ1) is 18.8. The van der Waals surface area contributed by atoms with Crippen molar-refractivity contribution in [3.8, 4) is 11.5 Å². The fraction of sp³-hybridized carbons (Fsp3) is 0.483. The van der Waals surface area contributed by atoms with E-state index in [1.165, 1.54) is 5.01 Å². The molecule has 0 unspecified atom stereocenters. The van der Waals surface area contributed by atoms with Crippen LogP contribution in [0, 0.1) is 5.92 Å². The number of ether oxygens (including phenoxy) is 3. The third-order valence-corrected chi connectivity index (χ3v) is 7.40. The normalized spacial score (nSPS) is 17.7. The van der Waals surface area contributed by atoms with Crippen molar-refractivity contribution in [2.75, 3.05) is 60.2 Å². The molecule has 0 aromatic heterocycles. The minimum atomic E-state index is -0.455. The van der Waals surface area contributed by atoms with Crippen molar-refractivity contribution in [3.63, 3.8) is 0 Å². The Bertz CT molecular complexity index is 1200. The van der Waals surface area contributed by atoms with E-state index in [0.717, 1.165) is 24.2 Å². The number of amides is 2. The SMILES string of the molecule is COc1ccc(OC)c([C@@H]2CC(c3ccccc3Cl)=NN2C(=O)CN(CCN2CCOCC2)C(=O)C(C)C)c1. The van der Waals surface area contributed by atoms with Gasteiger partial charge in [-0.1, -0.05) is 43.6 Å². The number of nitrogens with zero attached hydrogens (tertiary/aromatic N) is 4. The summed E-state index contributed by atoms with van der Waals surface area (Å²) in [6.45, 7) is 7.72. The molecule has 0 bridgehead atoms. The Morgan fingerprint density at radius 1 is 1.13 bits per heavy atom. The molecule has 0 spiro atoms. The average Bonchev–Trinajstić information content (AvgIpc) is 3.40. The maximum Gasteiger partial charge on any atom is 0.262 e. The molecule has 2 aromatic carbocycles. The summed E-state index contributed by atoms with van der Waals surface area (Å²) in [5, 5.41) is 6.81. The number of hydrogen-bond acceptors (Lipinski definition) is 7. The standard InChI is InChI=1S/C29H37ClN4O5/c1-20(2)29(36)33(12-11-32-13-15-39-16-14-32)19-28(35)34-26(23-17-21(37-3)9-10-27(23)38-4)18-25(31-34)22-7-5-6-8-24(22)30/h5-10,17,20,26H,11-16,18-19H2,1-4H3/t26-/m0/s1. The molecule has 10 heteroatoms. The zero-order chi connectivity index (χ0) is 27.9. The first-order valence-electron chi connectivity index (χ1n) is 13.3.